The highest BCUT2D eigenvalue weighted by Gasteiger charge is 2.49. The van der Waals surface area contributed by atoms with Gasteiger partial charge in [0.15, 0.2) is 6.29 Å². The van der Waals surface area contributed by atoms with Gasteiger partial charge >= 0.3 is 0 Å². The molecule has 6 atom stereocenters. The molecule has 2 aliphatic heterocycles. The van der Waals surface area contributed by atoms with Crippen LogP contribution in [0.15, 0.2) is 54.6 Å². The minimum atomic E-state index is -1.37. The Hall–Kier alpha value is -2.56. The van der Waals surface area contributed by atoms with Crippen LogP contribution in [-0.2, 0) is 14.2 Å². The lowest BCUT2D eigenvalue weighted by molar-refractivity contribution is -0.384. The summed E-state index contributed by atoms with van der Waals surface area (Å²) in [4.78, 5) is 10.2. The van der Waals surface area contributed by atoms with Crippen molar-refractivity contribution >= 4 is 5.69 Å². The topological polar surface area (TPSA) is 121 Å². The molecule has 9 heteroatoms. The quantitative estimate of drug-likeness (QED) is 0.597. The average molecular weight is 389 g/mol. The number of fused-ring (bicyclic) bond motifs is 1. The van der Waals surface area contributed by atoms with Crippen LogP contribution < -0.4 is 4.74 Å². The molecule has 9 nitrogen and oxygen atoms in total. The van der Waals surface area contributed by atoms with Crippen LogP contribution in [0.3, 0.4) is 0 Å². The Kier molecular flexibility index (Phi) is 5.25. The summed E-state index contributed by atoms with van der Waals surface area (Å²) in [5.41, 5.74) is 0.713. The summed E-state index contributed by atoms with van der Waals surface area (Å²) in [6.45, 7) is 0.147. The van der Waals surface area contributed by atoms with Crippen molar-refractivity contribution in [3.8, 4) is 5.75 Å². The summed E-state index contributed by atoms with van der Waals surface area (Å²) in [7, 11) is 0. The van der Waals surface area contributed by atoms with Crippen LogP contribution in [0.1, 0.15) is 11.9 Å². The largest absolute Gasteiger partial charge is 0.462 e. The molecule has 0 aromatic heterocycles. The molecule has 2 heterocycles. The van der Waals surface area contributed by atoms with Gasteiger partial charge in [0, 0.05) is 17.7 Å². The summed E-state index contributed by atoms with van der Waals surface area (Å²) in [5, 5.41) is 31.7. The van der Waals surface area contributed by atoms with Crippen molar-refractivity contribution in [1.29, 1.82) is 0 Å². The van der Waals surface area contributed by atoms with Gasteiger partial charge in [0.25, 0.3) is 5.69 Å². The Labute approximate surface area is 160 Å². The third-order valence-electron chi connectivity index (χ3n) is 4.70. The SMILES string of the molecule is O=[N+]([O-])c1ccc(O[C@H]2O[C@@H]3COC(c4ccccc4)O[C@H]3[C@H](O)[C@@H]2O)cc1. The van der Waals surface area contributed by atoms with Gasteiger partial charge in [-0.3, -0.25) is 10.1 Å². The molecule has 2 N–H and O–H groups in total. The maximum atomic E-state index is 10.7. The maximum absolute atomic E-state index is 10.7. The van der Waals surface area contributed by atoms with Crippen LogP contribution in [0.2, 0.25) is 0 Å². The molecule has 0 aliphatic carbocycles. The summed E-state index contributed by atoms with van der Waals surface area (Å²) >= 11 is 0. The van der Waals surface area contributed by atoms with Gasteiger partial charge in [-0.2, -0.15) is 0 Å². The standard InChI is InChI=1S/C19H19NO8/c21-15-16(22)19(26-13-8-6-12(7-9-13)20(23)24)27-14-10-25-18(28-17(14)15)11-4-2-1-3-5-11/h1-9,14-19,21-22H,10H2/t14-,15-,16+,17-,18?,19+/m1/s1. The van der Waals surface area contributed by atoms with Crippen LogP contribution in [0.25, 0.3) is 0 Å². The van der Waals surface area contributed by atoms with E-state index in [-0.39, 0.29) is 18.0 Å². The van der Waals surface area contributed by atoms with Crippen molar-refractivity contribution in [3.05, 3.63) is 70.3 Å². The van der Waals surface area contributed by atoms with Crippen LogP contribution >= 0.6 is 0 Å². The van der Waals surface area contributed by atoms with Gasteiger partial charge in [-0.1, -0.05) is 30.3 Å². The number of aliphatic hydroxyl groups is 2. The lowest BCUT2D eigenvalue weighted by Crippen LogP contribution is -2.62. The normalized spacial score (nSPS) is 32.4. The third-order valence-corrected chi connectivity index (χ3v) is 4.70. The van der Waals surface area contributed by atoms with Crippen molar-refractivity contribution in [1.82, 2.24) is 0 Å². The third kappa shape index (κ3) is 3.71. The number of aliphatic hydroxyl groups excluding tert-OH is 2. The predicted molar refractivity (Wildman–Crippen MR) is 94.4 cm³/mol. The lowest BCUT2D eigenvalue weighted by Gasteiger charge is -2.46. The molecule has 148 valence electrons. The van der Waals surface area contributed by atoms with E-state index in [9.17, 15) is 20.3 Å². The molecule has 0 radical (unpaired) electrons. The molecule has 0 saturated carbocycles. The van der Waals surface area contributed by atoms with Crippen LogP contribution in [0.4, 0.5) is 5.69 Å². The Morgan fingerprint density at radius 1 is 1.00 bits per heavy atom. The van der Waals surface area contributed by atoms with E-state index in [4.69, 9.17) is 18.9 Å². The maximum Gasteiger partial charge on any atom is 0.269 e. The van der Waals surface area contributed by atoms with E-state index >= 15 is 0 Å². The minimum Gasteiger partial charge on any atom is -0.462 e. The molecular formula is C19H19NO8. The molecule has 0 spiro atoms. The minimum absolute atomic E-state index is 0.0846. The zero-order valence-electron chi connectivity index (χ0n) is 14.7. The Bertz CT molecular complexity index is 812. The number of ether oxygens (including phenoxy) is 4. The Balaban J connectivity index is 1.43. The Morgan fingerprint density at radius 3 is 2.39 bits per heavy atom. The number of non-ortho nitro benzene ring substituents is 1. The first kappa shape index (κ1) is 18.8. The highest BCUT2D eigenvalue weighted by Crippen LogP contribution is 2.34. The van der Waals surface area contributed by atoms with Crippen molar-refractivity contribution < 1.29 is 34.1 Å². The second-order valence-electron chi connectivity index (χ2n) is 6.57. The molecule has 4 rings (SSSR count). The molecule has 2 aliphatic rings. The molecule has 28 heavy (non-hydrogen) atoms. The number of hydrogen-bond donors (Lipinski definition) is 2. The van der Waals surface area contributed by atoms with Gasteiger partial charge in [0.2, 0.25) is 6.29 Å². The summed E-state index contributed by atoms with van der Waals surface area (Å²) in [5.74, 6) is 0.264. The summed E-state index contributed by atoms with van der Waals surface area (Å²) in [6.07, 6.45) is -5.88. The second kappa shape index (κ2) is 7.82. The smallest absolute Gasteiger partial charge is 0.269 e. The van der Waals surface area contributed by atoms with E-state index in [0.29, 0.717) is 0 Å². The fraction of sp³-hybridized carbons (Fsp3) is 0.368. The van der Waals surface area contributed by atoms with Gasteiger partial charge in [0.05, 0.1) is 11.5 Å². The molecule has 2 saturated heterocycles. The number of nitro groups is 1. The molecule has 0 bridgehead atoms. The number of benzene rings is 2. The predicted octanol–water partition coefficient (Wildman–Crippen LogP) is 1.53. The molecule has 2 fully saturated rings. The van der Waals surface area contributed by atoms with E-state index in [2.05, 4.69) is 0 Å². The lowest BCUT2D eigenvalue weighted by atomic mass is 9.98. The van der Waals surface area contributed by atoms with E-state index in [1.807, 2.05) is 30.3 Å². The van der Waals surface area contributed by atoms with Crippen molar-refractivity contribution in [2.24, 2.45) is 0 Å². The molecule has 0 amide bonds. The molecule has 2 aromatic carbocycles. The van der Waals surface area contributed by atoms with Crippen LogP contribution in [0.5, 0.6) is 5.75 Å². The monoisotopic (exact) mass is 389 g/mol. The first-order chi connectivity index (χ1) is 13.5. The zero-order valence-corrected chi connectivity index (χ0v) is 14.7. The van der Waals surface area contributed by atoms with E-state index in [1.165, 1.54) is 24.3 Å². The highest BCUT2D eigenvalue weighted by molar-refractivity contribution is 5.36. The van der Waals surface area contributed by atoms with Gasteiger partial charge in [-0.05, 0) is 12.1 Å². The summed E-state index contributed by atoms with van der Waals surface area (Å²) in [6, 6.07) is 14.6. The fourth-order valence-electron chi connectivity index (χ4n) is 3.23. The average Bonchev–Trinajstić information content (AvgIpc) is 2.72. The number of rotatable bonds is 4. The zero-order chi connectivity index (χ0) is 19.7. The van der Waals surface area contributed by atoms with Gasteiger partial charge < -0.3 is 29.2 Å². The second-order valence-corrected chi connectivity index (χ2v) is 6.57. The van der Waals surface area contributed by atoms with Crippen molar-refractivity contribution in [2.75, 3.05) is 6.61 Å². The van der Waals surface area contributed by atoms with Gasteiger partial charge in [0.1, 0.15) is 30.2 Å². The van der Waals surface area contributed by atoms with E-state index < -0.39 is 41.9 Å². The first-order valence-electron chi connectivity index (χ1n) is 8.77. The first-order valence-corrected chi connectivity index (χ1v) is 8.77. The van der Waals surface area contributed by atoms with E-state index in [1.54, 1.807) is 0 Å². The summed E-state index contributed by atoms with van der Waals surface area (Å²) < 4.78 is 22.8. The highest BCUT2D eigenvalue weighted by atomic mass is 16.8. The van der Waals surface area contributed by atoms with Crippen LogP contribution in [-0.4, -0.2) is 52.4 Å². The number of nitro benzene ring substituents is 1. The fourth-order valence-corrected chi connectivity index (χ4v) is 3.23. The molecular weight excluding hydrogens is 370 g/mol. The van der Waals surface area contributed by atoms with E-state index in [0.717, 1.165) is 5.56 Å². The van der Waals surface area contributed by atoms with Crippen molar-refractivity contribution in [3.63, 3.8) is 0 Å². The van der Waals surface area contributed by atoms with Crippen LogP contribution in [0, 0.1) is 10.1 Å². The number of hydrogen-bond acceptors (Lipinski definition) is 8. The number of nitrogens with zero attached hydrogens (tertiary/aromatic N) is 1. The van der Waals surface area contributed by atoms with Crippen molar-refractivity contribution in [2.45, 2.75) is 37.0 Å². The Morgan fingerprint density at radius 2 is 1.71 bits per heavy atom. The van der Waals surface area contributed by atoms with Gasteiger partial charge in [-0.25, -0.2) is 0 Å². The van der Waals surface area contributed by atoms with Gasteiger partial charge in [-0.15, -0.1) is 0 Å². The molecule has 1 unspecified atom stereocenters. The molecule has 2 aromatic rings.